The molecule has 1 aromatic rings. The topological polar surface area (TPSA) is 102 Å². The molecular weight excluding hydrogens is 482 g/mol. The van der Waals surface area contributed by atoms with Crippen molar-refractivity contribution in [1.29, 1.82) is 0 Å². The van der Waals surface area contributed by atoms with Crippen LogP contribution in [0.2, 0.25) is 0 Å². The van der Waals surface area contributed by atoms with Crippen molar-refractivity contribution in [2.45, 2.75) is 65.0 Å². The van der Waals surface area contributed by atoms with E-state index in [-0.39, 0.29) is 47.9 Å². The third-order valence-corrected chi connectivity index (χ3v) is 8.34. The predicted molar refractivity (Wildman–Crippen MR) is 147 cm³/mol. The number of nitrogens with one attached hydrogen (secondary N) is 2. The van der Waals surface area contributed by atoms with Crippen molar-refractivity contribution < 1.29 is 19.2 Å². The number of nitrogens with zero attached hydrogens (tertiary/aromatic N) is 3. The van der Waals surface area contributed by atoms with E-state index in [9.17, 15) is 19.2 Å². The molecule has 3 amide bonds. The Morgan fingerprint density at radius 2 is 1.63 bits per heavy atom. The van der Waals surface area contributed by atoms with E-state index < -0.39 is 6.04 Å². The number of hydrogen-bond acceptors (Lipinski definition) is 6. The van der Waals surface area contributed by atoms with Crippen LogP contribution in [0.4, 0.5) is 5.69 Å². The first-order chi connectivity index (χ1) is 18.3. The molecule has 0 saturated carbocycles. The third kappa shape index (κ3) is 6.54. The fourth-order valence-electron chi connectivity index (χ4n) is 5.78. The summed E-state index contributed by atoms with van der Waals surface area (Å²) in [4.78, 5) is 56.9. The van der Waals surface area contributed by atoms with Gasteiger partial charge >= 0.3 is 0 Å². The van der Waals surface area contributed by atoms with E-state index in [1.807, 2.05) is 38.1 Å². The summed E-state index contributed by atoms with van der Waals surface area (Å²) >= 11 is 0. The predicted octanol–water partition coefficient (Wildman–Crippen LogP) is 2.06. The van der Waals surface area contributed by atoms with E-state index in [2.05, 4.69) is 22.5 Å². The number of carbonyl (C=O) groups is 4. The van der Waals surface area contributed by atoms with Gasteiger partial charge < -0.3 is 25.3 Å². The van der Waals surface area contributed by atoms with Gasteiger partial charge in [-0.2, -0.15) is 0 Å². The van der Waals surface area contributed by atoms with Gasteiger partial charge in [-0.15, -0.1) is 0 Å². The van der Waals surface area contributed by atoms with Gasteiger partial charge in [0.15, 0.2) is 5.78 Å². The number of fused-ring (bicyclic) bond motifs is 1. The van der Waals surface area contributed by atoms with Crippen molar-refractivity contribution in [3.63, 3.8) is 0 Å². The average molecular weight is 526 g/mol. The van der Waals surface area contributed by atoms with E-state index in [4.69, 9.17) is 0 Å². The van der Waals surface area contributed by atoms with Crippen LogP contribution >= 0.6 is 0 Å². The van der Waals surface area contributed by atoms with Gasteiger partial charge in [0.05, 0.1) is 12.6 Å². The van der Waals surface area contributed by atoms with Crippen LogP contribution in [0.25, 0.3) is 0 Å². The number of ketones is 1. The summed E-state index contributed by atoms with van der Waals surface area (Å²) in [7, 11) is 0. The number of amides is 3. The molecule has 0 aromatic heterocycles. The Morgan fingerprint density at radius 3 is 2.32 bits per heavy atom. The van der Waals surface area contributed by atoms with Crippen molar-refractivity contribution in [1.82, 2.24) is 20.4 Å². The SMILES string of the molecule is CCC(C)CC(=O)N1CC(=O)C2C1CCN2C(=O)CC(C)CCNC(=O)c1ccc(N2CCNCC2)cc1. The summed E-state index contributed by atoms with van der Waals surface area (Å²) in [5.74, 6) is 0.199. The van der Waals surface area contributed by atoms with Crippen LogP contribution in [0.15, 0.2) is 24.3 Å². The third-order valence-electron chi connectivity index (χ3n) is 8.34. The first-order valence-corrected chi connectivity index (χ1v) is 14.2. The Morgan fingerprint density at radius 1 is 0.974 bits per heavy atom. The smallest absolute Gasteiger partial charge is 0.251 e. The van der Waals surface area contributed by atoms with Gasteiger partial charge in [-0.25, -0.2) is 0 Å². The number of hydrogen-bond donors (Lipinski definition) is 2. The summed E-state index contributed by atoms with van der Waals surface area (Å²) in [6.07, 6.45) is 3.03. The number of anilines is 1. The lowest BCUT2D eigenvalue weighted by Gasteiger charge is -2.29. The number of piperazine rings is 1. The van der Waals surface area contributed by atoms with Crippen molar-refractivity contribution in [2.75, 3.05) is 50.7 Å². The van der Waals surface area contributed by atoms with Crippen LogP contribution in [-0.4, -0.2) is 91.2 Å². The minimum atomic E-state index is -0.501. The molecule has 9 heteroatoms. The molecule has 4 unspecified atom stereocenters. The number of benzene rings is 1. The normalized spacial score (nSPS) is 22.8. The van der Waals surface area contributed by atoms with Crippen LogP contribution in [-0.2, 0) is 14.4 Å². The maximum atomic E-state index is 13.1. The van der Waals surface area contributed by atoms with Gasteiger partial charge in [-0.05, 0) is 48.9 Å². The Bertz CT molecular complexity index is 1010. The van der Waals surface area contributed by atoms with E-state index in [1.165, 1.54) is 0 Å². The second-order valence-corrected chi connectivity index (χ2v) is 11.2. The van der Waals surface area contributed by atoms with E-state index in [0.717, 1.165) is 38.3 Å². The van der Waals surface area contributed by atoms with Gasteiger partial charge in [-0.3, -0.25) is 19.2 Å². The zero-order chi connectivity index (χ0) is 27.2. The van der Waals surface area contributed by atoms with E-state index in [1.54, 1.807) is 9.80 Å². The molecule has 0 aliphatic carbocycles. The molecule has 2 N–H and O–H groups in total. The molecular formula is C29H43N5O4. The van der Waals surface area contributed by atoms with E-state index >= 15 is 0 Å². The zero-order valence-corrected chi connectivity index (χ0v) is 23.1. The number of Topliss-reactive ketones (excluding diaryl/α,β-unsaturated/α-hetero) is 1. The average Bonchev–Trinajstić information content (AvgIpc) is 3.50. The summed E-state index contributed by atoms with van der Waals surface area (Å²) in [6.45, 7) is 11.1. The van der Waals surface area contributed by atoms with Crippen LogP contribution in [0.1, 0.15) is 63.2 Å². The van der Waals surface area contributed by atoms with Crippen LogP contribution in [0, 0.1) is 11.8 Å². The van der Waals surface area contributed by atoms with Crippen molar-refractivity contribution >= 4 is 29.2 Å². The molecule has 3 aliphatic rings. The lowest BCUT2D eigenvalue weighted by Crippen LogP contribution is -2.44. The van der Waals surface area contributed by atoms with Gasteiger partial charge in [0, 0.05) is 63.4 Å². The van der Waals surface area contributed by atoms with E-state index in [0.29, 0.717) is 44.3 Å². The Labute approximate surface area is 226 Å². The zero-order valence-electron chi connectivity index (χ0n) is 23.1. The molecule has 1 aromatic carbocycles. The second-order valence-electron chi connectivity index (χ2n) is 11.2. The van der Waals surface area contributed by atoms with Crippen LogP contribution in [0.5, 0.6) is 0 Å². The molecule has 9 nitrogen and oxygen atoms in total. The highest BCUT2D eigenvalue weighted by Gasteiger charge is 2.51. The molecule has 3 fully saturated rings. The molecule has 0 radical (unpaired) electrons. The highest BCUT2D eigenvalue weighted by Crippen LogP contribution is 2.32. The molecule has 0 spiro atoms. The molecule has 3 saturated heterocycles. The lowest BCUT2D eigenvalue weighted by atomic mass is 10.0. The number of rotatable bonds is 10. The molecule has 3 aliphatic heterocycles. The fourth-order valence-corrected chi connectivity index (χ4v) is 5.78. The van der Waals surface area contributed by atoms with Crippen molar-refractivity contribution in [2.24, 2.45) is 11.8 Å². The molecule has 0 bridgehead atoms. The molecule has 4 atom stereocenters. The standard InChI is InChI=1S/C29H43N5O4/c1-4-20(2)17-27(37)34-19-25(35)28-24(34)10-14-33(28)26(36)18-21(3)9-11-31-29(38)22-5-7-23(8-6-22)32-15-12-30-13-16-32/h5-8,20-21,24,28,30H,4,9-19H2,1-3H3,(H,31,38). The van der Waals surface area contributed by atoms with Crippen LogP contribution < -0.4 is 15.5 Å². The monoisotopic (exact) mass is 525 g/mol. The van der Waals surface area contributed by atoms with Crippen molar-refractivity contribution in [3.05, 3.63) is 29.8 Å². The molecule has 38 heavy (non-hydrogen) atoms. The fraction of sp³-hybridized carbons (Fsp3) is 0.655. The maximum Gasteiger partial charge on any atom is 0.251 e. The van der Waals surface area contributed by atoms with Gasteiger partial charge in [0.2, 0.25) is 11.8 Å². The summed E-state index contributed by atoms with van der Waals surface area (Å²) in [5.41, 5.74) is 1.76. The minimum absolute atomic E-state index is 0.0250. The first-order valence-electron chi connectivity index (χ1n) is 14.2. The number of likely N-dealkylation sites (tertiary alicyclic amines) is 2. The van der Waals surface area contributed by atoms with Crippen LogP contribution in [0.3, 0.4) is 0 Å². The molecule has 3 heterocycles. The summed E-state index contributed by atoms with van der Waals surface area (Å²) in [6, 6.07) is 7.02. The highest BCUT2D eigenvalue weighted by molar-refractivity contribution is 5.97. The lowest BCUT2D eigenvalue weighted by molar-refractivity contribution is -0.137. The Hall–Kier alpha value is -2.94. The largest absolute Gasteiger partial charge is 0.369 e. The maximum absolute atomic E-state index is 13.1. The van der Waals surface area contributed by atoms with Crippen molar-refractivity contribution in [3.8, 4) is 0 Å². The Kier molecular flexibility index (Phi) is 9.41. The number of carbonyl (C=O) groups excluding carboxylic acids is 4. The van der Waals surface area contributed by atoms with Gasteiger partial charge in [0.1, 0.15) is 6.04 Å². The van der Waals surface area contributed by atoms with Gasteiger partial charge in [0.25, 0.3) is 5.91 Å². The Balaban J connectivity index is 1.21. The summed E-state index contributed by atoms with van der Waals surface area (Å²) < 4.78 is 0. The second kappa shape index (κ2) is 12.7. The molecule has 4 rings (SSSR count). The highest BCUT2D eigenvalue weighted by atomic mass is 16.2. The summed E-state index contributed by atoms with van der Waals surface area (Å²) in [5, 5.41) is 6.31. The quantitative estimate of drug-likeness (QED) is 0.485. The molecule has 208 valence electrons. The first kappa shape index (κ1) is 28.1. The minimum Gasteiger partial charge on any atom is -0.369 e. The van der Waals surface area contributed by atoms with Gasteiger partial charge in [-0.1, -0.05) is 27.2 Å².